The maximum atomic E-state index is 6.05. The summed E-state index contributed by atoms with van der Waals surface area (Å²) in [6.07, 6.45) is 3.25. The van der Waals surface area contributed by atoms with E-state index < -0.39 is 0 Å². The van der Waals surface area contributed by atoms with Crippen LogP contribution in [0.15, 0.2) is 30.6 Å². The van der Waals surface area contributed by atoms with E-state index in [4.69, 9.17) is 10.6 Å². The average molecular weight is 286 g/mol. The van der Waals surface area contributed by atoms with Crippen molar-refractivity contribution in [2.75, 3.05) is 5.43 Å². The fraction of sp³-hybridized carbons (Fsp3) is 0.375. The quantitative estimate of drug-likeness (QED) is 0.626. The Hall–Kier alpha value is -2.14. The van der Waals surface area contributed by atoms with Gasteiger partial charge in [-0.1, -0.05) is 39.0 Å². The van der Waals surface area contributed by atoms with Gasteiger partial charge < -0.3 is 10.2 Å². The molecule has 1 unspecified atom stereocenters. The predicted octanol–water partition coefficient (Wildman–Crippen LogP) is 3.63. The molecule has 1 heterocycles. The lowest BCUT2D eigenvalue weighted by Gasteiger charge is -2.17. The number of hydrogen-bond donors (Lipinski definition) is 2. The minimum absolute atomic E-state index is 0.431. The van der Waals surface area contributed by atoms with Crippen LogP contribution in [-0.2, 0) is 6.42 Å². The Balaban J connectivity index is 2.39. The molecule has 2 aromatic rings. The molecule has 0 aliphatic carbocycles. The van der Waals surface area contributed by atoms with Crippen molar-refractivity contribution in [3.8, 4) is 11.6 Å². The summed E-state index contributed by atoms with van der Waals surface area (Å²) in [7, 11) is 0. The maximum absolute atomic E-state index is 6.05. The second-order valence-electron chi connectivity index (χ2n) is 4.95. The third-order valence-corrected chi connectivity index (χ3v) is 3.67. The normalized spacial score (nSPS) is 12.0. The van der Waals surface area contributed by atoms with Gasteiger partial charge in [-0.05, 0) is 30.4 Å². The number of hydrazine groups is 1. The molecule has 1 atom stereocenters. The summed E-state index contributed by atoms with van der Waals surface area (Å²) >= 11 is 0. The zero-order valence-corrected chi connectivity index (χ0v) is 12.8. The Bertz CT molecular complexity index is 601. The van der Waals surface area contributed by atoms with Crippen LogP contribution >= 0.6 is 0 Å². The highest BCUT2D eigenvalue weighted by Crippen LogP contribution is 2.33. The van der Waals surface area contributed by atoms with Crippen LogP contribution in [0.4, 0.5) is 5.82 Å². The summed E-state index contributed by atoms with van der Waals surface area (Å²) in [5, 5.41) is 0. The van der Waals surface area contributed by atoms with Gasteiger partial charge in [0.05, 0.1) is 5.56 Å². The van der Waals surface area contributed by atoms with Gasteiger partial charge in [-0.25, -0.2) is 15.8 Å². The molecule has 1 aromatic heterocycles. The molecule has 5 heteroatoms. The highest BCUT2D eigenvalue weighted by Gasteiger charge is 2.15. The molecule has 0 saturated carbocycles. The van der Waals surface area contributed by atoms with Gasteiger partial charge in [-0.3, -0.25) is 0 Å². The lowest BCUT2D eigenvalue weighted by atomic mass is 9.98. The monoisotopic (exact) mass is 286 g/mol. The van der Waals surface area contributed by atoms with Crippen LogP contribution in [0.1, 0.15) is 44.2 Å². The molecule has 21 heavy (non-hydrogen) atoms. The van der Waals surface area contributed by atoms with Crippen LogP contribution < -0.4 is 16.0 Å². The summed E-state index contributed by atoms with van der Waals surface area (Å²) in [6, 6.07) is 8.06. The third kappa shape index (κ3) is 3.31. The molecule has 0 aliphatic heterocycles. The fourth-order valence-electron chi connectivity index (χ4n) is 2.23. The molecule has 1 aromatic carbocycles. The van der Waals surface area contributed by atoms with E-state index in [2.05, 4.69) is 35.3 Å². The van der Waals surface area contributed by atoms with Crippen LogP contribution in [0.3, 0.4) is 0 Å². The lowest BCUT2D eigenvalue weighted by molar-refractivity contribution is 0.445. The van der Waals surface area contributed by atoms with Crippen LogP contribution in [0.2, 0.25) is 0 Å². The summed E-state index contributed by atoms with van der Waals surface area (Å²) in [4.78, 5) is 8.37. The lowest BCUT2D eigenvalue weighted by Crippen LogP contribution is -2.12. The van der Waals surface area contributed by atoms with Crippen molar-refractivity contribution in [3.05, 3.63) is 41.7 Å². The van der Waals surface area contributed by atoms with Crippen molar-refractivity contribution in [2.45, 2.75) is 39.5 Å². The molecule has 5 nitrogen and oxygen atoms in total. The van der Waals surface area contributed by atoms with Crippen LogP contribution in [0.25, 0.3) is 0 Å². The van der Waals surface area contributed by atoms with Gasteiger partial charge in [0.2, 0.25) is 5.88 Å². The number of nitrogens with zero attached hydrogens (tertiary/aromatic N) is 2. The molecule has 0 radical (unpaired) electrons. The number of nitrogen functional groups attached to an aromatic ring is 1. The summed E-state index contributed by atoms with van der Waals surface area (Å²) in [6.45, 7) is 6.38. The first-order chi connectivity index (χ1) is 10.2. The summed E-state index contributed by atoms with van der Waals surface area (Å²) in [5.74, 6) is 7.91. The number of para-hydroxylation sites is 1. The molecule has 0 spiro atoms. The average Bonchev–Trinajstić information content (AvgIpc) is 2.54. The van der Waals surface area contributed by atoms with E-state index >= 15 is 0 Å². The van der Waals surface area contributed by atoms with E-state index in [9.17, 15) is 0 Å². The van der Waals surface area contributed by atoms with Crippen molar-refractivity contribution in [2.24, 2.45) is 5.84 Å². The van der Waals surface area contributed by atoms with Crippen LogP contribution in [-0.4, -0.2) is 9.97 Å². The van der Waals surface area contributed by atoms with Crippen LogP contribution in [0.5, 0.6) is 11.6 Å². The SMILES string of the molecule is CCc1c(NN)ncnc1Oc1ccccc1C(C)CC. The Morgan fingerprint density at radius 3 is 2.67 bits per heavy atom. The van der Waals surface area contributed by atoms with Gasteiger partial charge in [-0.2, -0.15) is 0 Å². The minimum Gasteiger partial charge on any atom is -0.438 e. The number of aromatic nitrogens is 2. The van der Waals surface area contributed by atoms with Crippen molar-refractivity contribution in [3.63, 3.8) is 0 Å². The zero-order valence-electron chi connectivity index (χ0n) is 12.8. The van der Waals surface area contributed by atoms with Crippen molar-refractivity contribution in [1.82, 2.24) is 9.97 Å². The number of anilines is 1. The smallest absolute Gasteiger partial charge is 0.227 e. The first-order valence-electron chi connectivity index (χ1n) is 7.28. The molecule has 2 rings (SSSR count). The topological polar surface area (TPSA) is 73.1 Å². The second kappa shape index (κ2) is 7.04. The first kappa shape index (κ1) is 15.3. The largest absolute Gasteiger partial charge is 0.438 e. The molecule has 112 valence electrons. The molecule has 0 aliphatic rings. The Kier molecular flexibility index (Phi) is 5.11. The summed E-state index contributed by atoms with van der Waals surface area (Å²) < 4.78 is 6.05. The zero-order chi connectivity index (χ0) is 15.2. The van der Waals surface area contributed by atoms with Gasteiger partial charge in [0, 0.05) is 0 Å². The number of ether oxygens (including phenoxy) is 1. The van der Waals surface area contributed by atoms with E-state index in [1.54, 1.807) is 0 Å². The summed E-state index contributed by atoms with van der Waals surface area (Å²) in [5.41, 5.74) is 4.65. The third-order valence-electron chi connectivity index (χ3n) is 3.67. The number of rotatable bonds is 6. The molecule has 0 bridgehead atoms. The van der Waals surface area contributed by atoms with Crippen molar-refractivity contribution < 1.29 is 4.74 Å². The Morgan fingerprint density at radius 1 is 1.24 bits per heavy atom. The Morgan fingerprint density at radius 2 is 2.00 bits per heavy atom. The number of nitrogens with one attached hydrogen (secondary N) is 1. The molecule has 3 N–H and O–H groups in total. The van der Waals surface area contributed by atoms with Gasteiger partial charge in [0.15, 0.2) is 0 Å². The van der Waals surface area contributed by atoms with Crippen molar-refractivity contribution >= 4 is 5.82 Å². The second-order valence-corrected chi connectivity index (χ2v) is 4.95. The van der Waals surface area contributed by atoms with Gasteiger partial charge in [0.25, 0.3) is 0 Å². The minimum atomic E-state index is 0.431. The maximum Gasteiger partial charge on any atom is 0.227 e. The first-order valence-corrected chi connectivity index (χ1v) is 7.28. The van der Waals surface area contributed by atoms with Crippen LogP contribution in [0, 0.1) is 0 Å². The highest BCUT2D eigenvalue weighted by molar-refractivity contribution is 5.49. The Labute approximate surface area is 125 Å². The van der Waals surface area contributed by atoms with E-state index in [1.165, 1.54) is 11.9 Å². The number of nitrogens with two attached hydrogens (primary N) is 1. The van der Waals surface area contributed by atoms with E-state index in [0.717, 1.165) is 24.2 Å². The van der Waals surface area contributed by atoms with Gasteiger partial charge in [0.1, 0.15) is 17.9 Å². The number of benzene rings is 1. The van der Waals surface area contributed by atoms with Crippen molar-refractivity contribution in [1.29, 1.82) is 0 Å². The molecule has 0 amide bonds. The fourth-order valence-corrected chi connectivity index (χ4v) is 2.23. The van der Waals surface area contributed by atoms with Gasteiger partial charge >= 0.3 is 0 Å². The standard InChI is InChI=1S/C16H22N4O/c1-4-11(3)13-8-6-7-9-14(13)21-16-12(5-2)15(20-17)18-10-19-16/h6-11H,4-5,17H2,1-3H3,(H,18,19,20). The van der Waals surface area contributed by atoms with Gasteiger partial charge in [-0.15, -0.1) is 0 Å². The van der Waals surface area contributed by atoms with E-state index in [-0.39, 0.29) is 0 Å². The van der Waals surface area contributed by atoms with E-state index in [1.807, 2.05) is 25.1 Å². The number of hydrogen-bond acceptors (Lipinski definition) is 5. The molecule has 0 saturated heterocycles. The molecular formula is C16H22N4O. The predicted molar refractivity (Wildman–Crippen MR) is 84.4 cm³/mol. The highest BCUT2D eigenvalue weighted by atomic mass is 16.5. The van der Waals surface area contributed by atoms with E-state index in [0.29, 0.717) is 17.6 Å². The molecular weight excluding hydrogens is 264 g/mol. The molecule has 0 fully saturated rings.